The fraction of sp³-hybridized carbons (Fsp3) is 0.421. The predicted molar refractivity (Wildman–Crippen MR) is 91.2 cm³/mol. The second-order valence-corrected chi connectivity index (χ2v) is 5.49. The van der Waals surface area contributed by atoms with Crippen molar-refractivity contribution < 1.29 is 9.53 Å². The van der Waals surface area contributed by atoms with E-state index in [2.05, 4.69) is 12.2 Å². The summed E-state index contributed by atoms with van der Waals surface area (Å²) in [4.78, 5) is 12.2. The van der Waals surface area contributed by atoms with E-state index in [0.717, 1.165) is 42.3 Å². The third-order valence-corrected chi connectivity index (χ3v) is 3.76. The maximum Gasteiger partial charge on any atom is 0.261 e. The van der Waals surface area contributed by atoms with Crippen LogP contribution in [0.2, 0.25) is 0 Å². The summed E-state index contributed by atoms with van der Waals surface area (Å²) in [6.45, 7) is 4.85. The Morgan fingerprint density at radius 2 is 1.86 bits per heavy atom. The van der Waals surface area contributed by atoms with Crippen LogP contribution in [0.25, 0.3) is 10.8 Å². The molecule has 3 heteroatoms. The summed E-state index contributed by atoms with van der Waals surface area (Å²) >= 11 is 0. The summed E-state index contributed by atoms with van der Waals surface area (Å²) in [5, 5.41) is 5.14. The molecule has 1 atom stereocenters. The van der Waals surface area contributed by atoms with Gasteiger partial charge in [0.1, 0.15) is 5.75 Å². The largest absolute Gasteiger partial charge is 0.480 e. The van der Waals surface area contributed by atoms with Gasteiger partial charge in [-0.3, -0.25) is 4.79 Å². The highest BCUT2D eigenvalue weighted by Gasteiger charge is 2.18. The van der Waals surface area contributed by atoms with E-state index in [4.69, 9.17) is 4.74 Å². The van der Waals surface area contributed by atoms with E-state index in [-0.39, 0.29) is 5.91 Å². The number of hydrogen-bond acceptors (Lipinski definition) is 2. The van der Waals surface area contributed by atoms with Crippen LogP contribution in [0.1, 0.15) is 39.5 Å². The maximum absolute atomic E-state index is 12.2. The van der Waals surface area contributed by atoms with Crippen LogP contribution in [0.3, 0.4) is 0 Å². The van der Waals surface area contributed by atoms with Crippen LogP contribution < -0.4 is 10.1 Å². The molecule has 1 amide bonds. The van der Waals surface area contributed by atoms with Crippen LogP contribution in [-0.2, 0) is 4.79 Å². The summed E-state index contributed by atoms with van der Waals surface area (Å²) < 4.78 is 5.98. The van der Waals surface area contributed by atoms with Gasteiger partial charge in [-0.1, -0.05) is 63.1 Å². The first-order valence-corrected chi connectivity index (χ1v) is 8.18. The fourth-order valence-electron chi connectivity index (χ4n) is 2.47. The average Bonchev–Trinajstić information content (AvgIpc) is 2.56. The normalized spacial score (nSPS) is 12.1. The van der Waals surface area contributed by atoms with Gasteiger partial charge in [0.25, 0.3) is 5.91 Å². The third kappa shape index (κ3) is 4.23. The number of carbonyl (C=O) groups excluding carboxylic acids is 1. The highest BCUT2D eigenvalue weighted by atomic mass is 16.5. The number of benzene rings is 2. The van der Waals surface area contributed by atoms with E-state index in [1.54, 1.807) is 0 Å². The van der Waals surface area contributed by atoms with Gasteiger partial charge in [0.05, 0.1) is 0 Å². The van der Waals surface area contributed by atoms with Gasteiger partial charge in [-0.25, -0.2) is 0 Å². The molecule has 2 aromatic rings. The number of unbranched alkanes of at least 4 members (excludes halogenated alkanes) is 2. The lowest BCUT2D eigenvalue weighted by molar-refractivity contribution is -0.128. The molecule has 0 aliphatic rings. The minimum Gasteiger partial charge on any atom is -0.480 e. The molecule has 0 radical (unpaired) electrons. The zero-order chi connectivity index (χ0) is 15.8. The smallest absolute Gasteiger partial charge is 0.261 e. The summed E-state index contributed by atoms with van der Waals surface area (Å²) in [6.07, 6.45) is 3.53. The van der Waals surface area contributed by atoms with E-state index in [0.29, 0.717) is 6.42 Å². The molecular weight excluding hydrogens is 274 g/mol. The zero-order valence-electron chi connectivity index (χ0n) is 13.5. The SMILES string of the molecule is CCCCCNC(=O)[C@H](CC)Oc1cccc2ccccc12. The van der Waals surface area contributed by atoms with E-state index < -0.39 is 6.10 Å². The van der Waals surface area contributed by atoms with Crippen molar-refractivity contribution in [1.82, 2.24) is 5.32 Å². The monoisotopic (exact) mass is 299 g/mol. The van der Waals surface area contributed by atoms with Gasteiger partial charge in [0, 0.05) is 11.9 Å². The molecule has 0 saturated carbocycles. The third-order valence-electron chi connectivity index (χ3n) is 3.76. The highest BCUT2D eigenvalue weighted by molar-refractivity contribution is 5.89. The average molecular weight is 299 g/mol. The Balaban J connectivity index is 2.04. The second-order valence-electron chi connectivity index (χ2n) is 5.49. The van der Waals surface area contributed by atoms with Gasteiger partial charge < -0.3 is 10.1 Å². The van der Waals surface area contributed by atoms with Gasteiger partial charge in [0.15, 0.2) is 6.10 Å². The number of carbonyl (C=O) groups is 1. The fourth-order valence-corrected chi connectivity index (χ4v) is 2.47. The molecule has 3 nitrogen and oxygen atoms in total. The molecule has 2 rings (SSSR count). The molecule has 2 aromatic carbocycles. The minimum absolute atomic E-state index is 0.0217. The molecule has 0 aliphatic heterocycles. The van der Waals surface area contributed by atoms with Gasteiger partial charge >= 0.3 is 0 Å². The summed E-state index contributed by atoms with van der Waals surface area (Å²) in [6, 6.07) is 14.0. The molecule has 118 valence electrons. The Morgan fingerprint density at radius 3 is 2.64 bits per heavy atom. The number of fused-ring (bicyclic) bond motifs is 1. The van der Waals surface area contributed by atoms with Crippen molar-refractivity contribution in [3.8, 4) is 5.75 Å². The van der Waals surface area contributed by atoms with Gasteiger partial charge in [-0.2, -0.15) is 0 Å². The van der Waals surface area contributed by atoms with Crippen molar-refractivity contribution in [3.05, 3.63) is 42.5 Å². The van der Waals surface area contributed by atoms with Crippen molar-refractivity contribution >= 4 is 16.7 Å². The molecule has 0 fully saturated rings. The Labute approximate surface area is 132 Å². The van der Waals surface area contributed by atoms with Gasteiger partial charge in [-0.05, 0) is 24.3 Å². The maximum atomic E-state index is 12.2. The van der Waals surface area contributed by atoms with Crippen molar-refractivity contribution in [3.63, 3.8) is 0 Å². The molecule has 0 aromatic heterocycles. The van der Waals surface area contributed by atoms with Crippen LogP contribution in [0, 0.1) is 0 Å². The summed E-state index contributed by atoms with van der Waals surface area (Å²) in [5.74, 6) is 0.750. The Morgan fingerprint density at radius 1 is 1.09 bits per heavy atom. The lowest BCUT2D eigenvalue weighted by atomic mass is 10.1. The quantitative estimate of drug-likeness (QED) is 0.738. The number of nitrogens with one attached hydrogen (secondary N) is 1. The number of amides is 1. The molecule has 22 heavy (non-hydrogen) atoms. The first-order chi connectivity index (χ1) is 10.8. The van der Waals surface area contributed by atoms with Crippen LogP contribution >= 0.6 is 0 Å². The number of ether oxygens (including phenoxy) is 1. The molecule has 0 bridgehead atoms. The molecule has 0 spiro atoms. The van der Waals surface area contributed by atoms with Crippen LogP contribution in [-0.4, -0.2) is 18.6 Å². The highest BCUT2D eigenvalue weighted by Crippen LogP contribution is 2.26. The van der Waals surface area contributed by atoms with Gasteiger partial charge in [0.2, 0.25) is 0 Å². The lowest BCUT2D eigenvalue weighted by Gasteiger charge is -2.18. The molecule has 1 N–H and O–H groups in total. The van der Waals surface area contributed by atoms with Crippen LogP contribution in [0.4, 0.5) is 0 Å². The standard InChI is InChI=1S/C19H25NO2/c1-3-5-8-14-20-19(21)17(4-2)22-18-13-9-11-15-10-6-7-12-16(15)18/h6-7,9-13,17H,3-5,8,14H2,1-2H3,(H,20,21)/t17-/m0/s1. The molecule has 0 heterocycles. The van der Waals surface area contributed by atoms with Gasteiger partial charge in [-0.15, -0.1) is 0 Å². The Hall–Kier alpha value is -2.03. The molecule has 0 unspecified atom stereocenters. The number of hydrogen-bond donors (Lipinski definition) is 1. The minimum atomic E-state index is -0.438. The zero-order valence-corrected chi connectivity index (χ0v) is 13.5. The van der Waals surface area contributed by atoms with Crippen LogP contribution in [0.15, 0.2) is 42.5 Å². The summed E-state index contributed by atoms with van der Waals surface area (Å²) in [5.41, 5.74) is 0. The van der Waals surface area contributed by atoms with E-state index >= 15 is 0 Å². The Kier molecular flexibility index (Phi) is 6.26. The van der Waals surface area contributed by atoms with Crippen molar-refractivity contribution in [2.75, 3.05) is 6.54 Å². The van der Waals surface area contributed by atoms with Crippen molar-refractivity contribution in [2.24, 2.45) is 0 Å². The number of rotatable bonds is 8. The van der Waals surface area contributed by atoms with E-state index in [1.165, 1.54) is 0 Å². The van der Waals surface area contributed by atoms with E-state index in [1.807, 2.05) is 49.4 Å². The summed E-state index contributed by atoms with van der Waals surface area (Å²) in [7, 11) is 0. The first kappa shape index (κ1) is 16.3. The predicted octanol–water partition coefficient (Wildman–Crippen LogP) is 4.30. The molecule has 0 aliphatic carbocycles. The van der Waals surface area contributed by atoms with Crippen molar-refractivity contribution in [2.45, 2.75) is 45.6 Å². The first-order valence-electron chi connectivity index (χ1n) is 8.18. The molecule has 0 saturated heterocycles. The second kappa shape index (κ2) is 8.42. The van der Waals surface area contributed by atoms with Crippen LogP contribution in [0.5, 0.6) is 5.75 Å². The van der Waals surface area contributed by atoms with E-state index in [9.17, 15) is 4.79 Å². The molecular formula is C19H25NO2. The Bertz CT molecular complexity index is 604. The topological polar surface area (TPSA) is 38.3 Å². The van der Waals surface area contributed by atoms with Crippen molar-refractivity contribution in [1.29, 1.82) is 0 Å². The lowest BCUT2D eigenvalue weighted by Crippen LogP contribution is -2.38.